The molecule has 0 heterocycles. The molecule has 3 nitrogen and oxygen atoms in total. The van der Waals surface area contributed by atoms with E-state index in [-0.39, 0.29) is 5.97 Å². The molecule has 100 valence electrons. The molecule has 0 aromatic heterocycles. The lowest BCUT2D eigenvalue weighted by atomic mass is 9.66. The summed E-state index contributed by atoms with van der Waals surface area (Å²) in [6.45, 7) is 4.87. The van der Waals surface area contributed by atoms with Crippen LogP contribution in [0, 0.1) is 11.3 Å². The van der Waals surface area contributed by atoms with Gasteiger partial charge in [-0.3, -0.25) is 4.79 Å². The lowest BCUT2D eigenvalue weighted by molar-refractivity contribution is -0.160. The van der Waals surface area contributed by atoms with Crippen LogP contribution < -0.4 is 5.73 Å². The van der Waals surface area contributed by atoms with Gasteiger partial charge in [-0.2, -0.15) is 0 Å². The first-order valence-corrected chi connectivity index (χ1v) is 7.08. The summed E-state index contributed by atoms with van der Waals surface area (Å²) in [4.78, 5) is 12.3. The van der Waals surface area contributed by atoms with Gasteiger partial charge in [-0.1, -0.05) is 32.6 Å². The van der Waals surface area contributed by atoms with Gasteiger partial charge in [0.25, 0.3) is 0 Å². The van der Waals surface area contributed by atoms with Crippen molar-refractivity contribution in [3.8, 4) is 0 Å². The average Bonchev–Trinajstić information content (AvgIpc) is 2.37. The number of ether oxygens (including phenoxy) is 1. The second-order valence-electron chi connectivity index (χ2n) is 5.17. The van der Waals surface area contributed by atoms with E-state index in [0.717, 1.165) is 25.7 Å². The summed E-state index contributed by atoms with van der Waals surface area (Å²) < 4.78 is 5.29. The van der Waals surface area contributed by atoms with E-state index in [2.05, 4.69) is 6.92 Å². The first kappa shape index (κ1) is 14.5. The third kappa shape index (κ3) is 3.21. The Bertz CT molecular complexity index is 236. The number of carbonyl (C=O) groups excluding carboxylic acids is 1. The molecule has 0 radical (unpaired) electrons. The predicted molar refractivity (Wildman–Crippen MR) is 69.6 cm³/mol. The summed E-state index contributed by atoms with van der Waals surface area (Å²) in [6.07, 6.45) is 7.89. The van der Waals surface area contributed by atoms with Gasteiger partial charge < -0.3 is 10.5 Å². The fraction of sp³-hybridized carbons (Fsp3) is 0.929. The summed E-state index contributed by atoms with van der Waals surface area (Å²) in [5.74, 6) is 0.372. The summed E-state index contributed by atoms with van der Waals surface area (Å²) >= 11 is 0. The highest BCUT2D eigenvalue weighted by molar-refractivity contribution is 5.77. The topological polar surface area (TPSA) is 52.3 Å². The normalized spacial score (nSPS) is 20.9. The lowest BCUT2D eigenvalue weighted by Gasteiger charge is -2.39. The molecule has 17 heavy (non-hydrogen) atoms. The summed E-state index contributed by atoms with van der Waals surface area (Å²) in [5.41, 5.74) is 5.54. The second-order valence-corrected chi connectivity index (χ2v) is 5.17. The fourth-order valence-electron chi connectivity index (χ4n) is 3.20. The molecule has 0 spiro atoms. The Morgan fingerprint density at radius 2 is 1.94 bits per heavy atom. The van der Waals surface area contributed by atoms with Crippen LogP contribution in [0.3, 0.4) is 0 Å². The van der Waals surface area contributed by atoms with Gasteiger partial charge in [0.2, 0.25) is 0 Å². The highest BCUT2D eigenvalue weighted by Gasteiger charge is 2.45. The van der Waals surface area contributed by atoms with Crippen LogP contribution in [-0.4, -0.2) is 19.1 Å². The van der Waals surface area contributed by atoms with Crippen LogP contribution in [0.25, 0.3) is 0 Å². The van der Waals surface area contributed by atoms with Crippen molar-refractivity contribution in [1.29, 1.82) is 0 Å². The van der Waals surface area contributed by atoms with Gasteiger partial charge in [0.15, 0.2) is 0 Å². The van der Waals surface area contributed by atoms with Gasteiger partial charge in [-0.25, -0.2) is 0 Å². The van der Waals surface area contributed by atoms with E-state index in [9.17, 15) is 4.79 Å². The Hall–Kier alpha value is -0.570. The SMILES string of the molecule is CCCC(CN)(C(=O)OCC)C1CCCCC1. The van der Waals surface area contributed by atoms with Crippen molar-refractivity contribution in [2.45, 2.75) is 58.8 Å². The molecule has 1 rings (SSSR count). The first-order chi connectivity index (χ1) is 8.21. The van der Waals surface area contributed by atoms with Crippen LogP contribution in [0.15, 0.2) is 0 Å². The maximum absolute atomic E-state index is 12.3. The van der Waals surface area contributed by atoms with Crippen LogP contribution in [-0.2, 0) is 9.53 Å². The van der Waals surface area contributed by atoms with Crippen molar-refractivity contribution in [2.24, 2.45) is 17.1 Å². The minimum absolute atomic E-state index is 0.0590. The molecule has 0 aromatic rings. The van der Waals surface area contributed by atoms with Crippen molar-refractivity contribution in [3.63, 3.8) is 0 Å². The quantitative estimate of drug-likeness (QED) is 0.727. The van der Waals surface area contributed by atoms with E-state index in [4.69, 9.17) is 10.5 Å². The highest BCUT2D eigenvalue weighted by atomic mass is 16.5. The lowest BCUT2D eigenvalue weighted by Crippen LogP contribution is -2.46. The van der Waals surface area contributed by atoms with E-state index in [0.29, 0.717) is 19.1 Å². The molecule has 0 saturated heterocycles. The average molecular weight is 241 g/mol. The summed E-state index contributed by atoms with van der Waals surface area (Å²) in [6, 6.07) is 0. The Balaban J connectivity index is 2.84. The number of hydrogen-bond donors (Lipinski definition) is 1. The monoisotopic (exact) mass is 241 g/mol. The smallest absolute Gasteiger partial charge is 0.313 e. The molecule has 1 unspecified atom stereocenters. The van der Waals surface area contributed by atoms with Crippen LogP contribution in [0.4, 0.5) is 0 Å². The van der Waals surface area contributed by atoms with Gasteiger partial charge in [0.05, 0.1) is 12.0 Å². The first-order valence-electron chi connectivity index (χ1n) is 7.08. The van der Waals surface area contributed by atoms with Gasteiger partial charge in [-0.05, 0) is 32.1 Å². The molecular weight excluding hydrogens is 214 g/mol. The number of hydrogen-bond acceptors (Lipinski definition) is 3. The zero-order valence-electron chi connectivity index (χ0n) is 11.3. The van der Waals surface area contributed by atoms with Crippen molar-refractivity contribution < 1.29 is 9.53 Å². The van der Waals surface area contributed by atoms with Crippen molar-refractivity contribution in [2.75, 3.05) is 13.2 Å². The zero-order valence-corrected chi connectivity index (χ0v) is 11.3. The maximum Gasteiger partial charge on any atom is 0.313 e. The Kier molecular flexibility index (Phi) is 5.96. The number of nitrogens with two attached hydrogens (primary N) is 1. The van der Waals surface area contributed by atoms with Gasteiger partial charge >= 0.3 is 5.97 Å². The molecule has 0 amide bonds. The number of rotatable bonds is 6. The van der Waals surface area contributed by atoms with E-state index in [1.165, 1.54) is 19.3 Å². The second kappa shape index (κ2) is 7.00. The van der Waals surface area contributed by atoms with Crippen molar-refractivity contribution in [3.05, 3.63) is 0 Å². The van der Waals surface area contributed by atoms with Crippen LogP contribution >= 0.6 is 0 Å². The molecular formula is C14H27NO2. The number of esters is 1. The van der Waals surface area contributed by atoms with E-state index in [1.807, 2.05) is 6.92 Å². The Morgan fingerprint density at radius 1 is 1.29 bits per heavy atom. The van der Waals surface area contributed by atoms with E-state index >= 15 is 0 Å². The maximum atomic E-state index is 12.3. The van der Waals surface area contributed by atoms with Gasteiger partial charge in [0, 0.05) is 6.54 Å². The molecule has 0 bridgehead atoms. The summed E-state index contributed by atoms with van der Waals surface area (Å²) in [7, 11) is 0. The molecule has 2 N–H and O–H groups in total. The van der Waals surface area contributed by atoms with Gasteiger partial charge in [-0.15, -0.1) is 0 Å². The standard InChI is InChI=1S/C14H27NO2/c1-3-10-14(11-15,13(16)17-4-2)12-8-6-5-7-9-12/h12H,3-11,15H2,1-2H3. The predicted octanol–water partition coefficient (Wildman–Crippen LogP) is 2.88. The molecule has 3 heteroatoms. The largest absolute Gasteiger partial charge is 0.466 e. The van der Waals surface area contributed by atoms with Crippen LogP contribution in [0.1, 0.15) is 58.8 Å². The van der Waals surface area contributed by atoms with E-state index < -0.39 is 5.41 Å². The Morgan fingerprint density at radius 3 is 2.41 bits per heavy atom. The van der Waals surface area contributed by atoms with Gasteiger partial charge in [0.1, 0.15) is 0 Å². The highest BCUT2D eigenvalue weighted by Crippen LogP contribution is 2.42. The molecule has 1 aliphatic carbocycles. The third-order valence-corrected chi connectivity index (χ3v) is 4.13. The summed E-state index contributed by atoms with van der Waals surface area (Å²) in [5, 5.41) is 0. The molecule has 0 aromatic carbocycles. The molecule has 1 fully saturated rings. The van der Waals surface area contributed by atoms with Crippen LogP contribution in [0.2, 0.25) is 0 Å². The molecule has 1 saturated carbocycles. The minimum Gasteiger partial charge on any atom is -0.466 e. The van der Waals surface area contributed by atoms with Crippen molar-refractivity contribution in [1.82, 2.24) is 0 Å². The fourth-order valence-corrected chi connectivity index (χ4v) is 3.20. The van der Waals surface area contributed by atoms with E-state index in [1.54, 1.807) is 0 Å². The molecule has 0 aliphatic heterocycles. The van der Waals surface area contributed by atoms with Crippen LogP contribution in [0.5, 0.6) is 0 Å². The van der Waals surface area contributed by atoms with Crippen molar-refractivity contribution >= 4 is 5.97 Å². The molecule has 1 atom stereocenters. The molecule has 1 aliphatic rings. The minimum atomic E-state index is -0.412. The Labute approximate surface area is 105 Å². The third-order valence-electron chi connectivity index (χ3n) is 4.13. The zero-order chi connectivity index (χ0) is 12.7. The number of carbonyl (C=O) groups is 1.